The lowest BCUT2D eigenvalue weighted by Gasteiger charge is -2.35. The van der Waals surface area contributed by atoms with E-state index in [2.05, 4.69) is 10.0 Å². The quantitative estimate of drug-likeness (QED) is 0.273. The van der Waals surface area contributed by atoms with Crippen molar-refractivity contribution in [2.24, 2.45) is 5.92 Å². The Morgan fingerprint density at radius 3 is 2.31 bits per heavy atom. The lowest BCUT2D eigenvalue weighted by Crippen LogP contribution is -2.48. The summed E-state index contributed by atoms with van der Waals surface area (Å²) in [7, 11) is -2.50. The SMILES string of the molecule is C[C@H](CO)N1C[C@H](C)[C@H](CN(C)C(=O)Nc2ccc(F)cc2)OCCCC[C@H](C)Oc2ccc(NS(=O)(=O)c3ccc(F)cc3)cc2C1=O. The average molecular weight is 703 g/mol. The number of hydrogen-bond donors (Lipinski definition) is 3. The molecule has 4 rings (SSSR count). The number of rotatable bonds is 8. The highest BCUT2D eigenvalue weighted by atomic mass is 32.2. The molecule has 0 aliphatic carbocycles. The normalized spacial score (nSPS) is 19.9. The van der Waals surface area contributed by atoms with Crippen molar-refractivity contribution < 1.29 is 41.4 Å². The fraction of sp³-hybridized carbons (Fsp3) is 0.429. The standard InChI is InChI=1S/C35H44F2N4O7S/c1-23-20-41(24(2)22-42)34(43)31-19-29(39-49(45,46)30-15-10-27(37)11-16-30)14-17-32(31)48-25(3)7-5-6-18-47-33(23)21-40(4)35(44)38-28-12-8-26(36)9-13-28/h8-17,19,23-25,33,39,42H,5-7,18,20-22H2,1-4H3,(H,38,44)/t23-,24+,25-,33-/m0/s1. The second kappa shape index (κ2) is 16.9. The number of urea groups is 1. The molecule has 14 heteroatoms. The zero-order chi connectivity index (χ0) is 35.7. The lowest BCUT2D eigenvalue weighted by molar-refractivity contribution is -0.0115. The van der Waals surface area contributed by atoms with Gasteiger partial charge in [0.15, 0.2) is 0 Å². The molecule has 0 radical (unpaired) electrons. The van der Waals surface area contributed by atoms with Crippen LogP contribution < -0.4 is 14.8 Å². The molecule has 0 saturated carbocycles. The number of benzene rings is 3. The monoisotopic (exact) mass is 702 g/mol. The number of carbonyl (C=O) groups excluding carboxylic acids is 2. The fourth-order valence-electron chi connectivity index (χ4n) is 5.38. The van der Waals surface area contributed by atoms with Crippen LogP contribution >= 0.6 is 0 Å². The number of amides is 3. The molecule has 11 nitrogen and oxygen atoms in total. The third-order valence-corrected chi connectivity index (χ3v) is 9.72. The van der Waals surface area contributed by atoms with Crippen molar-refractivity contribution in [2.45, 2.75) is 63.2 Å². The number of halogens is 2. The zero-order valence-corrected chi connectivity index (χ0v) is 28.9. The minimum atomic E-state index is -4.12. The van der Waals surface area contributed by atoms with Gasteiger partial charge in [-0.3, -0.25) is 9.52 Å². The smallest absolute Gasteiger partial charge is 0.321 e. The Hall–Kier alpha value is -4.27. The molecule has 0 spiro atoms. The Labute approximate surface area is 286 Å². The van der Waals surface area contributed by atoms with Crippen molar-refractivity contribution in [2.75, 3.05) is 43.4 Å². The van der Waals surface area contributed by atoms with E-state index in [1.54, 1.807) is 14.0 Å². The second-order valence-electron chi connectivity index (χ2n) is 12.4. The predicted molar refractivity (Wildman–Crippen MR) is 182 cm³/mol. The van der Waals surface area contributed by atoms with Crippen LogP contribution in [0.1, 0.15) is 50.4 Å². The number of fused-ring (bicyclic) bond motifs is 1. The Bertz CT molecular complexity index is 1680. The number of likely N-dealkylation sites (N-methyl/N-ethyl adjacent to an activating group) is 1. The minimum absolute atomic E-state index is 0.0870. The second-order valence-corrected chi connectivity index (χ2v) is 14.1. The zero-order valence-electron chi connectivity index (χ0n) is 28.1. The Morgan fingerprint density at radius 2 is 1.65 bits per heavy atom. The molecule has 4 atom stereocenters. The number of anilines is 2. The minimum Gasteiger partial charge on any atom is -0.490 e. The number of nitrogens with one attached hydrogen (secondary N) is 2. The van der Waals surface area contributed by atoms with Crippen molar-refractivity contribution in [1.29, 1.82) is 0 Å². The summed E-state index contributed by atoms with van der Waals surface area (Å²) in [5.74, 6) is -1.58. The summed E-state index contributed by atoms with van der Waals surface area (Å²) >= 11 is 0. The molecule has 0 aromatic heterocycles. The highest BCUT2D eigenvalue weighted by Gasteiger charge is 2.31. The van der Waals surface area contributed by atoms with Crippen molar-refractivity contribution in [3.63, 3.8) is 0 Å². The molecule has 49 heavy (non-hydrogen) atoms. The molecule has 1 aliphatic rings. The molecule has 3 aromatic rings. The lowest BCUT2D eigenvalue weighted by atomic mass is 10.0. The maximum absolute atomic E-state index is 14.3. The maximum atomic E-state index is 14.3. The van der Waals surface area contributed by atoms with Crippen molar-refractivity contribution in [3.8, 4) is 5.75 Å². The van der Waals surface area contributed by atoms with Crippen LogP contribution in [0.4, 0.5) is 25.0 Å². The van der Waals surface area contributed by atoms with Gasteiger partial charge in [-0.1, -0.05) is 6.92 Å². The molecule has 3 amide bonds. The molecule has 3 N–H and O–H groups in total. The largest absolute Gasteiger partial charge is 0.490 e. The van der Waals surface area contributed by atoms with Crippen LogP contribution in [0, 0.1) is 17.6 Å². The molecule has 0 fully saturated rings. The summed E-state index contributed by atoms with van der Waals surface area (Å²) in [6, 6.07) is 13.1. The van der Waals surface area contributed by atoms with Gasteiger partial charge in [0.25, 0.3) is 15.9 Å². The van der Waals surface area contributed by atoms with Gasteiger partial charge in [-0.25, -0.2) is 22.0 Å². The van der Waals surface area contributed by atoms with Crippen LogP contribution in [0.25, 0.3) is 0 Å². The van der Waals surface area contributed by atoms with E-state index < -0.39 is 45.7 Å². The first-order valence-corrected chi connectivity index (χ1v) is 17.7. The molecular formula is C35H44F2N4O7S. The molecular weight excluding hydrogens is 658 g/mol. The molecule has 0 bridgehead atoms. The number of aliphatic hydroxyl groups excluding tert-OH is 1. The van der Waals surface area contributed by atoms with Gasteiger partial charge in [-0.15, -0.1) is 0 Å². The Morgan fingerprint density at radius 1 is 1.02 bits per heavy atom. The molecule has 1 aliphatic heterocycles. The number of sulfonamides is 1. The van der Waals surface area contributed by atoms with E-state index in [9.17, 15) is 31.9 Å². The van der Waals surface area contributed by atoms with Crippen LogP contribution in [0.15, 0.2) is 71.6 Å². The first-order valence-electron chi connectivity index (χ1n) is 16.2. The van der Waals surface area contributed by atoms with Gasteiger partial charge in [-0.05, 0) is 99.8 Å². The third kappa shape index (κ3) is 10.4. The van der Waals surface area contributed by atoms with Crippen LogP contribution in [-0.4, -0.2) is 86.9 Å². The number of ether oxygens (including phenoxy) is 2. The molecule has 3 aromatic carbocycles. The van der Waals surface area contributed by atoms with E-state index in [4.69, 9.17) is 9.47 Å². The van der Waals surface area contributed by atoms with Crippen molar-refractivity contribution in [3.05, 3.63) is 83.9 Å². The predicted octanol–water partition coefficient (Wildman–Crippen LogP) is 5.73. The highest BCUT2D eigenvalue weighted by molar-refractivity contribution is 7.92. The van der Waals surface area contributed by atoms with Gasteiger partial charge >= 0.3 is 6.03 Å². The average Bonchev–Trinajstić information content (AvgIpc) is 3.07. The van der Waals surface area contributed by atoms with E-state index in [1.165, 1.54) is 52.3 Å². The van der Waals surface area contributed by atoms with E-state index in [1.807, 2.05) is 13.8 Å². The first kappa shape index (κ1) is 37.5. The molecule has 266 valence electrons. The third-order valence-electron chi connectivity index (χ3n) is 8.32. The van der Waals surface area contributed by atoms with Gasteiger partial charge in [0.2, 0.25) is 0 Å². The van der Waals surface area contributed by atoms with E-state index in [0.717, 1.165) is 37.1 Å². The van der Waals surface area contributed by atoms with Gasteiger partial charge in [0.1, 0.15) is 17.4 Å². The summed E-state index contributed by atoms with van der Waals surface area (Å²) in [4.78, 5) is 30.1. The van der Waals surface area contributed by atoms with Gasteiger partial charge < -0.3 is 29.7 Å². The van der Waals surface area contributed by atoms with Gasteiger partial charge in [0.05, 0.1) is 35.3 Å². The van der Waals surface area contributed by atoms with Gasteiger partial charge in [0, 0.05) is 44.0 Å². The number of carbonyl (C=O) groups is 2. The fourth-order valence-corrected chi connectivity index (χ4v) is 6.43. The van der Waals surface area contributed by atoms with Crippen LogP contribution in [-0.2, 0) is 14.8 Å². The van der Waals surface area contributed by atoms with Crippen LogP contribution in [0.3, 0.4) is 0 Å². The van der Waals surface area contributed by atoms with E-state index in [0.29, 0.717) is 18.7 Å². The topological polar surface area (TPSA) is 138 Å². The number of hydrogen-bond acceptors (Lipinski definition) is 7. The Balaban J connectivity index is 1.62. The number of aliphatic hydroxyl groups is 1. The number of nitrogens with zero attached hydrogens (tertiary/aromatic N) is 2. The van der Waals surface area contributed by atoms with Crippen molar-refractivity contribution in [1.82, 2.24) is 9.80 Å². The maximum Gasteiger partial charge on any atom is 0.321 e. The summed E-state index contributed by atoms with van der Waals surface area (Å²) in [5.41, 5.74) is 0.610. The first-order chi connectivity index (χ1) is 23.3. The van der Waals surface area contributed by atoms with Crippen LogP contribution in [0.5, 0.6) is 5.75 Å². The van der Waals surface area contributed by atoms with Crippen molar-refractivity contribution >= 4 is 33.3 Å². The highest BCUT2D eigenvalue weighted by Crippen LogP contribution is 2.29. The summed E-state index contributed by atoms with van der Waals surface area (Å²) < 4.78 is 67.9. The summed E-state index contributed by atoms with van der Waals surface area (Å²) in [6.45, 7) is 5.81. The van der Waals surface area contributed by atoms with E-state index >= 15 is 0 Å². The van der Waals surface area contributed by atoms with Gasteiger partial charge in [-0.2, -0.15) is 0 Å². The molecule has 0 saturated heterocycles. The summed E-state index contributed by atoms with van der Waals surface area (Å²) in [6.07, 6.45) is 1.32. The van der Waals surface area contributed by atoms with Crippen LogP contribution in [0.2, 0.25) is 0 Å². The summed E-state index contributed by atoms with van der Waals surface area (Å²) in [5, 5.41) is 12.9. The Kier molecular flexibility index (Phi) is 13.0. The molecule has 1 heterocycles. The van der Waals surface area contributed by atoms with E-state index in [-0.39, 0.29) is 53.6 Å². The molecule has 0 unspecified atom stereocenters.